The highest BCUT2D eigenvalue weighted by atomic mass is 32.1. The van der Waals surface area contributed by atoms with E-state index in [1.807, 2.05) is 6.07 Å². The molecule has 3 rings (SSSR count). The number of benzene rings is 1. The average Bonchev–Trinajstić information content (AvgIpc) is 3.13. The number of hydrogen-bond donors (Lipinski definition) is 1. The van der Waals surface area contributed by atoms with Gasteiger partial charge >= 0.3 is 5.97 Å². The zero-order valence-corrected chi connectivity index (χ0v) is 20.4. The molecule has 1 aliphatic rings. The number of carbonyl (C=O) groups excluding carboxylic acids is 2. The van der Waals surface area contributed by atoms with E-state index in [0.29, 0.717) is 28.0 Å². The van der Waals surface area contributed by atoms with Gasteiger partial charge in [-0.2, -0.15) is 0 Å². The van der Waals surface area contributed by atoms with Crippen LogP contribution in [0.2, 0.25) is 0 Å². The number of esters is 1. The Morgan fingerprint density at radius 1 is 1.12 bits per heavy atom. The molecule has 1 N–H and O–H groups in total. The predicted octanol–water partition coefficient (Wildman–Crippen LogP) is 5.35. The van der Waals surface area contributed by atoms with Crippen molar-refractivity contribution in [2.24, 2.45) is 11.3 Å². The lowest BCUT2D eigenvalue weighted by Gasteiger charge is -2.33. The van der Waals surface area contributed by atoms with Crippen molar-refractivity contribution in [3.8, 4) is 11.5 Å². The van der Waals surface area contributed by atoms with Crippen LogP contribution >= 0.6 is 11.3 Å². The number of rotatable bonds is 6. The van der Waals surface area contributed by atoms with E-state index < -0.39 is 5.97 Å². The molecule has 0 spiro atoms. The molecule has 0 radical (unpaired) electrons. The maximum Gasteiger partial charge on any atom is 0.341 e. The minimum atomic E-state index is -0.407. The maximum absolute atomic E-state index is 12.7. The van der Waals surface area contributed by atoms with Gasteiger partial charge in [-0.25, -0.2) is 4.79 Å². The van der Waals surface area contributed by atoms with E-state index in [1.54, 1.807) is 32.4 Å². The summed E-state index contributed by atoms with van der Waals surface area (Å²) >= 11 is 1.48. The topological polar surface area (TPSA) is 73.9 Å². The lowest BCUT2D eigenvalue weighted by atomic mass is 9.72. The van der Waals surface area contributed by atoms with E-state index in [2.05, 4.69) is 26.1 Å². The summed E-state index contributed by atoms with van der Waals surface area (Å²) in [5.41, 5.74) is 2.50. The van der Waals surface area contributed by atoms with Gasteiger partial charge in [0, 0.05) is 11.0 Å². The van der Waals surface area contributed by atoms with Crippen LogP contribution in [0.15, 0.2) is 24.3 Å². The SMILES string of the molecule is COC(=O)c1c(NC(=O)/C=C/c2ccc(OC)c(OC)c2)sc2c1CCC(C(C)(C)C)C2. The fraction of sp³-hybridized carbons (Fsp3) is 0.440. The maximum atomic E-state index is 12.7. The summed E-state index contributed by atoms with van der Waals surface area (Å²) in [4.78, 5) is 26.4. The number of ether oxygens (including phenoxy) is 3. The van der Waals surface area contributed by atoms with Crippen molar-refractivity contribution in [2.75, 3.05) is 26.6 Å². The fourth-order valence-electron chi connectivity index (χ4n) is 4.01. The van der Waals surface area contributed by atoms with E-state index >= 15 is 0 Å². The van der Waals surface area contributed by atoms with Crippen molar-refractivity contribution >= 4 is 34.3 Å². The average molecular weight is 458 g/mol. The van der Waals surface area contributed by atoms with Gasteiger partial charge in [0.2, 0.25) is 5.91 Å². The van der Waals surface area contributed by atoms with E-state index in [9.17, 15) is 9.59 Å². The summed E-state index contributed by atoms with van der Waals surface area (Å²) in [7, 11) is 4.51. The Hall–Kier alpha value is -2.80. The first-order valence-corrected chi connectivity index (χ1v) is 11.4. The monoisotopic (exact) mass is 457 g/mol. The van der Waals surface area contributed by atoms with Crippen LogP contribution in [0.5, 0.6) is 11.5 Å². The van der Waals surface area contributed by atoms with Crippen LogP contribution in [0.3, 0.4) is 0 Å². The molecule has 0 fully saturated rings. The Morgan fingerprint density at radius 2 is 1.84 bits per heavy atom. The second-order valence-corrected chi connectivity index (χ2v) is 10.0. The summed E-state index contributed by atoms with van der Waals surface area (Å²) in [6.07, 6.45) is 5.88. The lowest BCUT2D eigenvalue weighted by Crippen LogP contribution is -2.26. The third-order valence-corrected chi connectivity index (χ3v) is 7.12. The van der Waals surface area contributed by atoms with Crippen LogP contribution in [-0.4, -0.2) is 33.2 Å². The minimum Gasteiger partial charge on any atom is -0.493 e. The molecule has 6 nitrogen and oxygen atoms in total. The van der Waals surface area contributed by atoms with Crippen LogP contribution in [0, 0.1) is 11.3 Å². The van der Waals surface area contributed by atoms with E-state index in [0.717, 1.165) is 35.3 Å². The van der Waals surface area contributed by atoms with Gasteiger partial charge in [0.05, 0.1) is 26.9 Å². The van der Waals surface area contributed by atoms with Gasteiger partial charge in [0.15, 0.2) is 11.5 Å². The molecule has 1 atom stereocenters. The normalized spacial score (nSPS) is 15.9. The van der Waals surface area contributed by atoms with Crippen molar-refractivity contribution in [1.82, 2.24) is 0 Å². The van der Waals surface area contributed by atoms with Crippen molar-refractivity contribution in [3.05, 3.63) is 45.8 Å². The highest BCUT2D eigenvalue weighted by molar-refractivity contribution is 7.17. The molecule has 1 amide bonds. The molecule has 0 saturated heterocycles. The summed E-state index contributed by atoms with van der Waals surface area (Å²) < 4.78 is 15.6. The number of thiophene rings is 1. The molecule has 0 bridgehead atoms. The van der Waals surface area contributed by atoms with Crippen molar-refractivity contribution in [2.45, 2.75) is 40.0 Å². The van der Waals surface area contributed by atoms with Gasteiger partial charge in [-0.3, -0.25) is 4.79 Å². The largest absolute Gasteiger partial charge is 0.493 e. The molecular formula is C25H31NO5S. The third-order valence-electron chi connectivity index (χ3n) is 5.95. The molecule has 32 heavy (non-hydrogen) atoms. The second-order valence-electron chi connectivity index (χ2n) is 8.94. The highest BCUT2D eigenvalue weighted by Gasteiger charge is 2.34. The number of hydrogen-bond acceptors (Lipinski definition) is 6. The number of fused-ring (bicyclic) bond motifs is 1. The number of methoxy groups -OCH3 is 3. The molecule has 2 aromatic rings. The van der Waals surface area contributed by atoms with Crippen molar-refractivity contribution in [1.29, 1.82) is 0 Å². The Labute approximate surface area is 193 Å². The molecule has 172 valence electrons. The molecule has 1 unspecified atom stereocenters. The number of nitrogens with one attached hydrogen (secondary N) is 1. The summed E-state index contributed by atoms with van der Waals surface area (Å²) in [6.45, 7) is 6.75. The molecule has 0 saturated carbocycles. The summed E-state index contributed by atoms with van der Waals surface area (Å²) in [5, 5.41) is 3.45. The molecule has 1 heterocycles. The molecule has 1 aromatic carbocycles. The Kier molecular flexibility index (Phi) is 7.29. The first-order valence-electron chi connectivity index (χ1n) is 10.6. The predicted molar refractivity (Wildman–Crippen MR) is 128 cm³/mol. The number of amides is 1. The summed E-state index contributed by atoms with van der Waals surface area (Å²) in [6, 6.07) is 5.41. The van der Waals surface area contributed by atoms with Crippen LogP contribution in [0.1, 0.15) is 53.6 Å². The quantitative estimate of drug-likeness (QED) is 0.467. The second kappa shape index (κ2) is 9.77. The van der Waals surface area contributed by atoms with Gasteiger partial charge in [0.25, 0.3) is 0 Å². The highest BCUT2D eigenvalue weighted by Crippen LogP contribution is 2.44. The summed E-state index contributed by atoms with van der Waals surface area (Å²) in [5.74, 6) is 1.02. The van der Waals surface area contributed by atoms with Crippen molar-refractivity contribution in [3.63, 3.8) is 0 Å². The standard InChI is InChI=1S/C25H31NO5S/c1-25(2,3)16-9-10-17-20(14-16)32-23(22(17)24(28)31-6)26-21(27)12-8-15-7-11-18(29-4)19(13-15)30-5/h7-8,11-13,16H,9-10,14H2,1-6H3,(H,26,27)/b12-8+. The molecule has 1 aliphatic carbocycles. The minimum absolute atomic E-state index is 0.193. The molecular weight excluding hydrogens is 426 g/mol. The zero-order chi connectivity index (χ0) is 23.5. The Balaban J connectivity index is 1.82. The molecule has 1 aromatic heterocycles. The van der Waals surface area contributed by atoms with Crippen LogP contribution < -0.4 is 14.8 Å². The molecule has 7 heteroatoms. The van der Waals surface area contributed by atoms with Crippen LogP contribution in [0.4, 0.5) is 5.00 Å². The lowest BCUT2D eigenvalue weighted by molar-refractivity contribution is -0.111. The first kappa shape index (κ1) is 23.9. The van der Waals surface area contributed by atoms with Gasteiger partial charge in [-0.05, 0) is 59.9 Å². The zero-order valence-electron chi connectivity index (χ0n) is 19.5. The van der Waals surface area contributed by atoms with Crippen LogP contribution in [-0.2, 0) is 22.4 Å². The Bertz CT molecular complexity index is 1030. The smallest absolute Gasteiger partial charge is 0.341 e. The van der Waals surface area contributed by atoms with E-state index in [4.69, 9.17) is 14.2 Å². The van der Waals surface area contributed by atoms with Gasteiger partial charge in [0.1, 0.15) is 5.00 Å². The van der Waals surface area contributed by atoms with E-state index in [1.165, 1.54) is 24.5 Å². The van der Waals surface area contributed by atoms with Gasteiger partial charge in [-0.1, -0.05) is 26.8 Å². The van der Waals surface area contributed by atoms with Crippen molar-refractivity contribution < 1.29 is 23.8 Å². The van der Waals surface area contributed by atoms with Gasteiger partial charge < -0.3 is 19.5 Å². The van der Waals surface area contributed by atoms with E-state index in [-0.39, 0.29) is 11.3 Å². The molecule has 0 aliphatic heterocycles. The first-order chi connectivity index (χ1) is 15.2. The number of carbonyl (C=O) groups is 2. The van der Waals surface area contributed by atoms with Gasteiger partial charge in [-0.15, -0.1) is 11.3 Å². The third kappa shape index (κ3) is 5.15. The fourth-order valence-corrected chi connectivity index (χ4v) is 5.33. The Morgan fingerprint density at radius 3 is 2.47 bits per heavy atom. The number of anilines is 1. The van der Waals surface area contributed by atoms with Crippen LogP contribution in [0.25, 0.3) is 6.08 Å².